The molecule has 2 rings (SSSR count). The van der Waals surface area contributed by atoms with Gasteiger partial charge in [0.2, 0.25) is 0 Å². The van der Waals surface area contributed by atoms with Gasteiger partial charge in [-0.05, 0) is 50.1 Å². The minimum absolute atomic E-state index is 0.585. The lowest BCUT2D eigenvalue weighted by Gasteiger charge is -2.09. The molecule has 0 radical (unpaired) electrons. The van der Waals surface area contributed by atoms with Gasteiger partial charge in [0.05, 0.1) is 10.0 Å². The van der Waals surface area contributed by atoms with Crippen LogP contribution in [0.1, 0.15) is 16.7 Å². The Balaban J connectivity index is 2.37. The number of halogens is 3. The Bertz CT molecular complexity index is 517. The fourth-order valence-corrected chi connectivity index (χ4v) is 3.49. The molecule has 1 atom stereocenters. The van der Waals surface area contributed by atoms with E-state index in [9.17, 15) is 5.11 Å². The summed E-state index contributed by atoms with van der Waals surface area (Å²) in [6.07, 6.45) is 0.901. The Morgan fingerprint density at radius 2 is 2.12 bits per heavy atom. The van der Waals surface area contributed by atoms with E-state index < -0.39 is 6.10 Å². The zero-order valence-corrected chi connectivity index (χ0v) is 12.6. The molecule has 0 bridgehead atoms. The first-order chi connectivity index (χ1) is 7.58. The molecule has 0 amide bonds. The lowest BCUT2D eigenvalue weighted by Crippen LogP contribution is -2.01. The Hall–Kier alpha value is 0.0600. The summed E-state index contributed by atoms with van der Waals surface area (Å²) < 4.78 is 2.28. The molecule has 0 aliphatic rings. The molecule has 2 aromatic heterocycles. The van der Waals surface area contributed by atoms with Gasteiger partial charge in [-0.15, -0.1) is 11.3 Å². The maximum absolute atomic E-state index is 10.1. The highest BCUT2D eigenvalue weighted by molar-refractivity contribution is 9.11. The number of pyridine rings is 1. The lowest BCUT2D eigenvalue weighted by molar-refractivity contribution is 0.218. The van der Waals surface area contributed by atoms with Gasteiger partial charge in [0, 0.05) is 20.0 Å². The summed E-state index contributed by atoms with van der Waals surface area (Å²) in [5.41, 5.74) is 0.585. The summed E-state index contributed by atoms with van der Waals surface area (Å²) in [5.74, 6) is 0. The number of thiophene rings is 1. The van der Waals surface area contributed by atoms with Crippen LogP contribution < -0.4 is 0 Å². The van der Waals surface area contributed by atoms with Crippen molar-refractivity contribution in [1.29, 1.82) is 0 Å². The first kappa shape index (κ1) is 12.5. The molecule has 0 aliphatic heterocycles. The lowest BCUT2D eigenvalue weighted by atomic mass is 10.2. The number of hydrogen-bond acceptors (Lipinski definition) is 3. The van der Waals surface area contributed by atoms with E-state index in [1.165, 1.54) is 11.3 Å². The van der Waals surface area contributed by atoms with Crippen LogP contribution in [0.2, 0.25) is 4.34 Å². The molecule has 2 nitrogen and oxygen atoms in total. The number of aromatic nitrogens is 1. The summed E-state index contributed by atoms with van der Waals surface area (Å²) in [7, 11) is 0. The van der Waals surface area contributed by atoms with Crippen LogP contribution in [0.15, 0.2) is 33.3 Å². The highest BCUT2D eigenvalue weighted by atomic mass is 79.9. The predicted molar refractivity (Wildman–Crippen MR) is 73.0 cm³/mol. The molecule has 1 N–H and O–H groups in total. The average molecular weight is 383 g/mol. The second-order valence-corrected chi connectivity index (χ2v) is 6.58. The smallest absolute Gasteiger partial charge is 0.131 e. The molecule has 0 spiro atoms. The number of aliphatic hydroxyl groups excluding tert-OH is 1. The molecule has 2 aromatic rings. The third-order valence-electron chi connectivity index (χ3n) is 1.96. The van der Waals surface area contributed by atoms with Crippen molar-refractivity contribution in [3.05, 3.63) is 48.2 Å². The molecule has 16 heavy (non-hydrogen) atoms. The van der Waals surface area contributed by atoms with E-state index in [2.05, 4.69) is 36.8 Å². The normalized spacial score (nSPS) is 12.8. The van der Waals surface area contributed by atoms with E-state index >= 15 is 0 Å². The zero-order chi connectivity index (χ0) is 11.7. The second kappa shape index (κ2) is 5.14. The molecule has 0 fully saturated rings. The van der Waals surface area contributed by atoms with Crippen molar-refractivity contribution in [2.75, 3.05) is 0 Å². The van der Waals surface area contributed by atoms with Crippen molar-refractivity contribution < 1.29 is 5.11 Å². The van der Waals surface area contributed by atoms with E-state index in [0.717, 1.165) is 13.8 Å². The van der Waals surface area contributed by atoms with E-state index in [0.29, 0.717) is 10.0 Å². The van der Waals surface area contributed by atoms with Crippen molar-refractivity contribution in [3.8, 4) is 0 Å². The van der Waals surface area contributed by atoms with Gasteiger partial charge in [-0.1, -0.05) is 11.6 Å². The third-order valence-corrected chi connectivity index (χ3v) is 4.31. The van der Waals surface area contributed by atoms with Crippen LogP contribution in [-0.2, 0) is 0 Å². The Kier molecular flexibility index (Phi) is 4.02. The van der Waals surface area contributed by atoms with Gasteiger partial charge in [-0.3, -0.25) is 4.98 Å². The maximum Gasteiger partial charge on any atom is 0.131 e. The molecular formula is C10H6Br2ClNOS. The molecule has 2 heterocycles. The van der Waals surface area contributed by atoms with Crippen LogP contribution in [-0.4, -0.2) is 10.1 Å². The average Bonchev–Trinajstić information content (AvgIpc) is 2.64. The van der Waals surface area contributed by atoms with Gasteiger partial charge >= 0.3 is 0 Å². The molecule has 0 aliphatic carbocycles. The van der Waals surface area contributed by atoms with Gasteiger partial charge in [-0.25, -0.2) is 0 Å². The molecule has 1 unspecified atom stereocenters. The fraction of sp³-hybridized carbons (Fsp3) is 0.100. The first-order valence-corrected chi connectivity index (χ1v) is 7.10. The minimum atomic E-state index is -0.750. The molecule has 0 aromatic carbocycles. The van der Waals surface area contributed by atoms with E-state index in [1.807, 2.05) is 6.07 Å². The van der Waals surface area contributed by atoms with Crippen molar-refractivity contribution in [2.24, 2.45) is 0 Å². The molecule has 84 valence electrons. The summed E-state index contributed by atoms with van der Waals surface area (Å²) in [5, 5.41) is 10.1. The summed E-state index contributed by atoms with van der Waals surface area (Å²) in [6.45, 7) is 0. The van der Waals surface area contributed by atoms with Crippen LogP contribution in [0.5, 0.6) is 0 Å². The Labute approximate surface area is 119 Å². The number of nitrogens with zero attached hydrogens (tertiary/aromatic N) is 1. The topological polar surface area (TPSA) is 33.1 Å². The van der Waals surface area contributed by atoms with Gasteiger partial charge in [0.25, 0.3) is 0 Å². The van der Waals surface area contributed by atoms with Gasteiger partial charge < -0.3 is 5.11 Å². The SMILES string of the molecule is OC(c1ccc(Cl)s1)c1ncc(Br)cc1Br. The standard InChI is InChI=1S/C10H6Br2ClNOS/c11-5-3-6(12)9(14-4-5)10(15)7-1-2-8(13)16-7/h1-4,10,15H. The minimum Gasteiger partial charge on any atom is -0.381 e. The molecule has 0 saturated heterocycles. The maximum atomic E-state index is 10.1. The van der Waals surface area contributed by atoms with Gasteiger partial charge in [0.1, 0.15) is 6.10 Å². The summed E-state index contributed by atoms with van der Waals surface area (Å²) in [4.78, 5) is 4.96. The fourth-order valence-electron chi connectivity index (χ4n) is 1.24. The van der Waals surface area contributed by atoms with Crippen molar-refractivity contribution in [3.63, 3.8) is 0 Å². The largest absolute Gasteiger partial charge is 0.381 e. The van der Waals surface area contributed by atoms with E-state index in [1.54, 1.807) is 18.3 Å². The molecule has 0 saturated carbocycles. The van der Waals surface area contributed by atoms with Gasteiger partial charge in [0.15, 0.2) is 0 Å². The first-order valence-electron chi connectivity index (χ1n) is 4.32. The predicted octanol–water partition coefficient (Wildman–Crippen LogP) is 4.40. The van der Waals surface area contributed by atoms with Crippen LogP contribution in [0.3, 0.4) is 0 Å². The third kappa shape index (κ3) is 2.65. The highest BCUT2D eigenvalue weighted by Crippen LogP contribution is 2.33. The molecule has 6 heteroatoms. The van der Waals surface area contributed by atoms with Crippen molar-refractivity contribution in [2.45, 2.75) is 6.10 Å². The van der Waals surface area contributed by atoms with Crippen molar-refractivity contribution in [1.82, 2.24) is 4.98 Å². The quantitative estimate of drug-likeness (QED) is 0.834. The van der Waals surface area contributed by atoms with Crippen LogP contribution in [0.25, 0.3) is 0 Å². The Morgan fingerprint density at radius 1 is 1.38 bits per heavy atom. The van der Waals surface area contributed by atoms with Crippen LogP contribution in [0.4, 0.5) is 0 Å². The summed E-state index contributed by atoms with van der Waals surface area (Å²) in [6, 6.07) is 5.41. The van der Waals surface area contributed by atoms with Crippen LogP contribution in [0, 0.1) is 0 Å². The zero-order valence-electron chi connectivity index (χ0n) is 7.82. The monoisotopic (exact) mass is 381 g/mol. The number of aliphatic hydroxyl groups is 1. The highest BCUT2D eigenvalue weighted by Gasteiger charge is 2.17. The molecular weight excluding hydrogens is 377 g/mol. The van der Waals surface area contributed by atoms with Crippen molar-refractivity contribution >= 4 is 54.8 Å². The number of hydrogen-bond donors (Lipinski definition) is 1. The van der Waals surface area contributed by atoms with E-state index in [-0.39, 0.29) is 0 Å². The van der Waals surface area contributed by atoms with E-state index in [4.69, 9.17) is 11.6 Å². The Morgan fingerprint density at radius 3 is 2.69 bits per heavy atom. The van der Waals surface area contributed by atoms with Gasteiger partial charge in [-0.2, -0.15) is 0 Å². The second-order valence-electron chi connectivity index (χ2n) is 3.07. The summed E-state index contributed by atoms with van der Waals surface area (Å²) >= 11 is 13.9. The number of rotatable bonds is 2. The van der Waals surface area contributed by atoms with Crippen LogP contribution >= 0.6 is 54.8 Å².